The summed E-state index contributed by atoms with van der Waals surface area (Å²) in [6.07, 6.45) is 12.5. The third-order valence-corrected chi connectivity index (χ3v) is 40.2. The number of hydrogen-bond acceptors (Lipinski definition) is 3. The van der Waals surface area contributed by atoms with Crippen molar-refractivity contribution in [2.24, 2.45) is 11.8 Å². The molecule has 31 heavy (non-hydrogen) atoms. The van der Waals surface area contributed by atoms with Crippen molar-refractivity contribution in [2.75, 3.05) is 13.2 Å². The molecule has 0 fully saturated rings. The molecule has 0 aliphatic heterocycles. The van der Waals surface area contributed by atoms with Crippen LogP contribution in [-0.4, -0.2) is 51.6 Å². The van der Waals surface area contributed by atoms with Gasteiger partial charge in [-0.05, 0) is 0 Å². The van der Waals surface area contributed by atoms with Crippen molar-refractivity contribution in [3.63, 3.8) is 0 Å². The monoisotopic (exact) mass is 658 g/mol. The van der Waals surface area contributed by atoms with Crippen LogP contribution in [0.15, 0.2) is 0 Å². The van der Waals surface area contributed by atoms with Crippen LogP contribution in [0.25, 0.3) is 0 Å². The van der Waals surface area contributed by atoms with Gasteiger partial charge in [-0.25, -0.2) is 0 Å². The van der Waals surface area contributed by atoms with Crippen LogP contribution in [0.5, 0.6) is 0 Å². The zero-order valence-corrected chi connectivity index (χ0v) is 28.4. The molecule has 0 radical (unpaired) electrons. The van der Waals surface area contributed by atoms with Crippen LogP contribution >= 0.6 is 0 Å². The van der Waals surface area contributed by atoms with E-state index in [0.717, 1.165) is 30.5 Å². The van der Waals surface area contributed by atoms with Gasteiger partial charge in [0.1, 0.15) is 0 Å². The van der Waals surface area contributed by atoms with Crippen LogP contribution in [0.1, 0.15) is 120 Å². The third-order valence-electron chi connectivity index (χ3n) is 6.74. The molecule has 0 aromatic rings. The van der Waals surface area contributed by atoms with Gasteiger partial charge in [0.15, 0.2) is 0 Å². The maximum atomic E-state index is 7.60. The molecule has 0 aromatic carbocycles. The van der Waals surface area contributed by atoms with Crippen LogP contribution < -0.4 is 0 Å². The third kappa shape index (κ3) is 14.5. The molecule has 0 N–H and O–H groups in total. The first-order chi connectivity index (χ1) is 14.9. The van der Waals surface area contributed by atoms with Crippen molar-refractivity contribution in [3.05, 3.63) is 0 Å². The van der Waals surface area contributed by atoms with Gasteiger partial charge in [0.05, 0.1) is 0 Å². The van der Waals surface area contributed by atoms with E-state index in [0.29, 0.717) is 11.8 Å². The summed E-state index contributed by atoms with van der Waals surface area (Å²) in [6, 6.07) is 0. The average molecular weight is 656 g/mol. The summed E-state index contributed by atoms with van der Waals surface area (Å²) in [4.78, 5) is 0. The summed E-state index contributed by atoms with van der Waals surface area (Å²) in [7, 11) is 0. The second-order valence-electron chi connectivity index (χ2n) is 10.0. The van der Waals surface area contributed by atoms with E-state index in [1.54, 1.807) is 0 Å². The number of rotatable bonds is 22. The van der Waals surface area contributed by atoms with Crippen LogP contribution in [-0.2, 0) is 7.56 Å². The summed E-state index contributed by atoms with van der Waals surface area (Å²) in [5.74, 6) is 1.17. The Morgan fingerprint density at radius 3 is 1.23 bits per heavy atom. The first-order valence-corrected chi connectivity index (χ1v) is 26.6. The van der Waals surface area contributed by atoms with E-state index in [2.05, 4.69) is 55.4 Å². The second kappa shape index (κ2) is 19.7. The molecular weight excluding hydrogens is 598 g/mol. The Morgan fingerprint density at radius 1 is 0.548 bits per heavy atom. The fourth-order valence-electron chi connectivity index (χ4n) is 3.82. The molecule has 3 nitrogen and oxygen atoms in total. The van der Waals surface area contributed by atoms with Gasteiger partial charge in [0.2, 0.25) is 0 Å². The zero-order valence-electron chi connectivity index (χ0n) is 22.7. The van der Waals surface area contributed by atoms with Gasteiger partial charge in [-0.15, -0.1) is 0 Å². The van der Waals surface area contributed by atoms with Crippen LogP contribution in [0.4, 0.5) is 0 Å². The molecule has 2 unspecified atom stereocenters. The molecule has 0 aromatic heterocycles. The van der Waals surface area contributed by atoms with Crippen molar-refractivity contribution in [2.45, 2.75) is 137 Å². The Labute approximate surface area is 207 Å². The molecule has 0 spiro atoms. The number of hydrogen-bond donors (Lipinski definition) is 0. The second-order valence-corrected chi connectivity index (χ2v) is 32.5. The summed E-state index contributed by atoms with van der Waals surface area (Å²) in [5, 5.41) is 0. The summed E-state index contributed by atoms with van der Waals surface area (Å²) < 4.78 is 26.6. The minimum atomic E-state index is -3.62. The molecule has 0 aliphatic rings. The van der Waals surface area contributed by atoms with E-state index < -0.39 is 38.4 Å². The molecule has 0 saturated carbocycles. The van der Waals surface area contributed by atoms with Crippen molar-refractivity contribution in [3.8, 4) is 0 Å². The fourth-order valence-corrected chi connectivity index (χ4v) is 47.0. The van der Waals surface area contributed by atoms with E-state index >= 15 is 0 Å². The predicted molar refractivity (Wildman–Crippen MR) is 142 cm³/mol. The molecule has 0 heterocycles. The molecular formula is C26H58O3Sn2. The molecule has 0 saturated heterocycles. The standard InChI is InChI=1S/2C5H11O.4C4H9.O.2Sn/c2*1-3-5(2)4-6;4*1-3-4-2;;;/h2*5H,3-4H2,1-2H3;4*1,3-4H2,2H3;;;/q2*-1;;;;;;;+2. The summed E-state index contributed by atoms with van der Waals surface area (Å²) in [5.41, 5.74) is 0. The molecule has 0 rings (SSSR count). The average Bonchev–Trinajstić information content (AvgIpc) is 2.80. The maximum absolute atomic E-state index is 7.60. The van der Waals surface area contributed by atoms with Crippen molar-refractivity contribution in [1.82, 2.24) is 0 Å². The Bertz CT molecular complexity index is 370. The normalized spacial score (nSPS) is 16.3. The van der Waals surface area contributed by atoms with Gasteiger partial charge in [-0.3, -0.25) is 0 Å². The van der Waals surface area contributed by atoms with Gasteiger partial charge in [-0.1, -0.05) is 0 Å². The molecule has 188 valence electrons. The van der Waals surface area contributed by atoms with E-state index in [-0.39, 0.29) is 0 Å². The number of unbranched alkanes of at least 4 members (excludes halogenated alkanes) is 4. The Kier molecular flexibility index (Phi) is 20.7. The molecule has 0 amide bonds. The first kappa shape index (κ1) is 32.5. The Hall–Kier alpha value is 1.48. The molecule has 5 heteroatoms. The van der Waals surface area contributed by atoms with Crippen molar-refractivity contribution >= 4 is 38.4 Å². The van der Waals surface area contributed by atoms with Gasteiger partial charge in [-0.2, -0.15) is 0 Å². The van der Waals surface area contributed by atoms with Gasteiger partial charge in [0.25, 0.3) is 0 Å². The first-order valence-electron chi connectivity index (χ1n) is 13.8. The topological polar surface area (TPSA) is 27.7 Å². The summed E-state index contributed by atoms with van der Waals surface area (Å²) in [6.45, 7) is 20.1. The fraction of sp³-hybridized carbons (Fsp3) is 1.00. The molecule has 2 atom stereocenters. The van der Waals surface area contributed by atoms with Crippen molar-refractivity contribution < 1.29 is 7.56 Å². The van der Waals surface area contributed by atoms with E-state index in [1.807, 2.05) is 0 Å². The van der Waals surface area contributed by atoms with E-state index in [4.69, 9.17) is 7.56 Å². The van der Waals surface area contributed by atoms with Gasteiger partial charge < -0.3 is 0 Å². The van der Waals surface area contributed by atoms with E-state index in [1.165, 1.54) is 64.7 Å². The summed E-state index contributed by atoms with van der Waals surface area (Å²) >= 11 is -6.41. The SMILES string of the molecule is CCC[CH2][Sn]([CH2]CCC)([CH2]CCC)[O][Sn]([CH2]CCC)([O]CC(C)CC)[O]CC(C)CC. The zero-order chi connectivity index (χ0) is 23.6. The Morgan fingerprint density at radius 2 is 0.903 bits per heavy atom. The van der Waals surface area contributed by atoms with Crippen LogP contribution in [0.2, 0.25) is 17.7 Å². The van der Waals surface area contributed by atoms with Crippen molar-refractivity contribution in [1.29, 1.82) is 0 Å². The quantitative estimate of drug-likeness (QED) is 0.109. The van der Waals surface area contributed by atoms with Gasteiger partial charge >= 0.3 is 208 Å². The minimum absolute atomic E-state index is 0.583. The van der Waals surface area contributed by atoms with E-state index in [9.17, 15) is 0 Å². The molecule has 0 aliphatic carbocycles. The van der Waals surface area contributed by atoms with Gasteiger partial charge in [0, 0.05) is 0 Å². The Balaban J connectivity index is 5.97. The van der Waals surface area contributed by atoms with Crippen LogP contribution in [0, 0.1) is 11.8 Å². The van der Waals surface area contributed by atoms with Crippen LogP contribution in [0.3, 0.4) is 0 Å². The molecule has 0 bridgehead atoms. The predicted octanol–water partition coefficient (Wildman–Crippen LogP) is 9.21.